The van der Waals surface area contributed by atoms with Crippen LogP contribution in [0, 0.1) is 0 Å². The normalized spacial score (nSPS) is 20.6. The van der Waals surface area contributed by atoms with Gasteiger partial charge in [0.1, 0.15) is 12.4 Å². The molecule has 4 nitrogen and oxygen atoms in total. The highest BCUT2D eigenvalue weighted by Crippen LogP contribution is 2.30. The summed E-state index contributed by atoms with van der Waals surface area (Å²) in [5.74, 6) is 0.729. The fourth-order valence-electron chi connectivity index (χ4n) is 2.49. The fourth-order valence-corrected chi connectivity index (χ4v) is 2.49. The molecule has 1 N–H and O–H groups in total. The summed E-state index contributed by atoms with van der Waals surface area (Å²) in [7, 11) is 1.64. The van der Waals surface area contributed by atoms with Crippen molar-refractivity contribution in [3.63, 3.8) is 0 Å². The zero-order valence-electron chi connectivity index (χ0n) is 12.1. The van der Waals surface area contributed by atoms with E-state index in [0.717, 1.165) is 30.8 Å². The third-order valence-corrected chi connectivity index (χ3v) is 3.58. The molecule has 1 aliphatic heterocycles. The van der Waals surface area contributed by atoms with E-state index in [0.29, 0.717) is 19.6 Å². The van der Waals surface area contributed by atoms with Crippen molar-refractivity contribution in [3.05, 3.63) is 29.8 Å². The van der Waals surface area contributed by atoms with Crippen LogP contribution in [-0.4, -0.2) is 38.1 Å². The van der Waals surface area contributed by atoms with Crippen molar-refractivity contribution in [1.29, 1.82) is 0 Å². The molecule has 1 aromatic carbocycles. The molecule has 1 saturated heterocycles. The average Bonchev–Trinajstić information content (AvgIpc) is 2.49. The number of benzene rings is 1. The molecule has 0 bridgehead atoms. The van der Waals surface area contributed by atoms with Gasteiger partial charge in [-0.3, -0.25) is 0 Å². The van der Waals surface area contributed by atoms with Crippen LogP contribution < -0.4 is 4.74 Å². The van der Waals surface area contributed by atoms with Crippen molar-refractivity contribution >= 4 is 0 Å². The number of rotatable bonds is 7. The van der Waals surface area contributed by atoms with Gasteiger partial charge < -0.3 is 19.3 Å². The van der Waals surface area contributed by atoms with Gasteiger partial charge in [0.2, 0.25) is 0 Å². The van der Waals surface area contributed by atoms with Gasteiger partial charge in [0.15, 0.2) is 0 Å². The Morgan fingerprint density at radius 2 is 2.15 bits per heavy atom. The van der Waals surface area contributed by atoms with Gasteiger partial charge in [0.05, 0.1) is 18.8 Å². The molecule has 0 amide bonds. The van der Waals surface area contributed by atoms with Gasteiger partial charge in [-0.05, 0) is 25.3 Å². The summed E-state index contributed by atoms with van der Waals surface area (Å²) in [4.78, 5) is 0. The van der Waals surface area contributed by atoms with Crippen LogP contribution in [0.25, 0.3) is 0 Å². The van der Waals surface area contributed by atoms with Gasteiger partial charge in [0, 0.05) is 25.7 Å². The van der Waals surface area contributed by atoms with Crippen molar-refractivity contribution in [3.8, 4) is 5.75 Å². The number of methoxy groups -OCH3 is 1. The maximum absolute atomic E-state index is 10.4. The Balaban J connectivity index is 1.95. The van der Waals surface area contributed by atoms with E-state index in [9.17, 15) is 5.11 Å². The molecule has 0 aliphatic carbocycles. The lowest BCUT2D eigenvalue weighted by Crippen LogP contribution is -2.21. The number of hydrogen-bond donors (Lipinski definition) is 1. The summed E-state index contributed by atoms with van der Waals surface area (Å²) < 4.78 is 16.3. The number of aliphatic hydroxyl groups excluding tert-OH is 1. The van der Waals surface area contributed by atoms with Crippen LogP contribution in [0.4, 0.5) is 0 Å². The minimum atomic E-state index is -0.545. The highest BCUT2D eigenvalue weighted by atomic mass is 16.5. The monoisotopic (exact) mass is 280 g/mol. The Labute approximate surface area is 120 Å². The number of aliphatic hydroxyl groups is 1. The zero-order valence-corrected chi connectivity index (χ0v) is 12.1. The molecule has 112 valence electrons. The van der Waals surface area contributed by atoms with Crippen LogP contribution in [0.5, 0.6) is 5.75 Å². The van der Waals surface area contributed by atoms with Crippen molar-refractivity contribution in [2.24, 2.45) is 0 Å². The molecule has 2 rings (SSSR count). The van der Waals surface area contributed by atoms with E-state index in [2.05, 4.69) is 0 Å². The lowest BCUT2D eigenvalue weighted by molar-refractivity contribution is -0.0160. The van der Waals surface area contributed by atoms with Crippen LogP contribution in [0.2, 0.25) is 0 Å². The summed E-state index contributed by atoms with van der Waals surface area (Å²) in [6, 6.07) is 7.63. The average molecular weight is 280 g/mol. The minimum absolute atomic E-state index is 0.158. The Bertz CT molecular complexity index is 388. The Morgan fingerprint density at radius 3 is 2.90 bits per heavy atom. The molecule has 0 radical (unpaired) electrons. The molecule has 1 fully saturated rings. The Morgan fingerprint density at radius 1 is 1.30 bits per heavy atom. The maximum atomic E-state index is 10.4. The highest BCUT2D eigenvalue weighted by molar-refractivity contribution is 5.35. The third-order valence-electron chi connectivity index (χ3n) is 3.58. The Hall–Kier alpha value is -1.10. The second-order valence-electron chi connectivity index (χ2n) is 5.12. The van der Waals surface area contributed by atoms with Crippen LogP contribution in [0.15, 0.2) is 24.3 Å². The molecule has 1 heterocycles. The fraction of sp³-hybridized carbons (Fsp3) is 0.625. The summed E-state index contributed by atoms with van der Waals surface area (Å²) in [6.45, 7) is 1.83. The molecule has 20 heavy (non-hydrogen) atoms. The summed E-state index contributed by atoms with van der Waals surface area (Å²) in [5, 5.41) is 10.4. The quantitative estimate of drug-likeness (QED) is 0.780. The molecular formula is C16H24O4. The summed E-state index contributed by atoms with van der Waals surface area (Å²) >= 11 is 0. The van der Waals surface area contributed by atoms with E-state index in [1.54, 1.807) is 7.11 Å². The number of para-hydroxylation sites is 1. The van der Waals surface area contributed by atoms with Crippen molar-refractivity contribution in [1.82, 2.24) is 0 Å². The molecule has 0 spiro atoms. The second kappa shape index (κ2) is 8.25. The predicted molar refractivity (Wildman–Crippen MR) is 77.0 cm³/mol. The first-order valence-corrected chi connectivity index (χ1v) is 7.31. The van der Waals surface area contributed by atoms with Crippen molar-refractivity contribution in [2.75, 3.05) is 26.9 Å². The van der Waals surface area contributed by atoms with Gasteiger partial charge in [-0.1, -0.05) is 18.2 Å². The van der Waals surface area contributed by atoms with E-state index < -0.39 is 6.10 Å². The smallest absolute Gasteiger partial charge is 0.125 e. The minimum Gasteiger partial charge on any atom is -0.491 e. The summed E-state index contributed by atoms with van der Waals surface area (Å²) in [6.07, 6.45) is 3.59. The number of hydrogen-bond acceptors (Lipinski definition) is 4. The lowest BCUT2D eigenvalue weighted by Gasteiger charge is -2.25. The molecule has 2 atom stereocenters. The molecule has 0 aromatic heterocycles. The van der Waals surface area contributed by atoms with Crippen LogP contribution in [-0.2, 0) is 9.47 Å². The second-order valence-corrected chi connectivity index (χ2v) is 5.12. The third kappa shape index (κ3) is 4.47. The van der Waals surface area contributed by atoms with Crippen molar-refractivity contribution in [2.45, 2.75) is 37.9 Å². The highest BCUT2D eigenvalue weighted by Gasteiger charge is 2.21. The first kappa shape index (κ1) is 15.3. The summed E-state index contributed by atoms with van der Waals surface area (Å²) in [5.41, 5.74) is 0.831. The first-order valence-electron chi connectivity index (χ1n) is 7.31. The predicted octanol–water partition coefficient (Wildman–Crippen LogP) is 2.70. The van der Waals surface area contributed by atoms with Gasteiger partial charge >= 0.3 is 0 Å². The molecule has 4 heteroatoms. The molecule has 2 unspecified atom stereocenters. The lowest BCUT2D eigenvalue weighted by atomic mass is 9.98. The Kier molecular flexibility index (Phi) is 6.30. The van der Waals surface area contributed by atoms with Crippen molar-refractivity contribution < 1.29 is 19.3 Å². The molecule has 1 aromatic rings. The maximum Gasteiger partial charge on any atom is 0.125 e. The standard InChI is InChI=1S/C16H24O4/c1-18-10-11-20-16-8-3-2-7-14(16)15(17)12-13-6-4-5-9-19-13/h2-3,7-8,13,15,17H,4-6,9-12H2,1H3. The zero-order chi connectivity index (χ0) is 14.2. The van der Waals surface area contributed by atoms with E-state index in [1.165, 1.54) is 6.42 Å². The van der Waals surface area contributed by atoms with E-state index in [-0.39, 0.29) is 6.10 Å². The molecule has 0 saturated carbocycles. The first-order chi connectivity index (χ1) is 9.81. The largest absolute Gasteiger partial charge is 0.491 e. The van der Waals surface area contributed by atoms with Gasteiger partial charge in [-0.2, -0.15) is 0 Å². The topological polar surface area (TPSA) is 47.9 Å². The number of ether oxygens (including phenoxy) is 3. The van der Waals surface area contributed by atoms with E-state index in [4.69, 9.17) is 14.2 Å². The molecule has 1 aliphatic rings. The van der Waals surface area contributed by atoms with Crippen LogP contribution in [0.3, 0.4) is 0 Å². The van der Waals surface area contributed by atoms with Gasteiger partial charge in [0.25, 0.3) is 0 Å². The van der Waals surface area contributed by atoms with Crippen LogP contribution in [0.1, 0.15) is 37.4 Å². The molecular weight excluding hydrogens is 256 g/mol. The SMILES string of the molecule is COCCOc1ccccc1C(O)CC1CCCCO1. The van der Waals surface area contributed by atoms with E-state index >= 15 is 0 Å². The van der Waals surface area contributed by atoms with Gasteiger partial charge in [-0.15, -0.1) is 0 Å². The van der Waals surface area contributed by atoms with Crippen LogP contribution >= 0.6 is 0 Å². The van der Waals surface area contributed by atoms with E-state index in [1.807, 2.05) is 24.3 Å². The van der Waals surface area contributed by atoms with Gasteiger partial charge in [-0.25, -0.2) is 0 Å².